The van der Waals surface area contributed by atoms with E-state index < -0.39 is 17.6 Å². The van der Waals surface area contributed by atoms with Crippen LogP contribution in [0.3, 0.4) is 0 Å². The largest absolute Gasteiger partial charge is 0.329 e. The Morgan fingerprint density at radius 3 is 2.57 bits per heavy atom. The molecule has 0 atom stereocenters. The molecule has 0 spiro atoms. The lowest BCUT2D eigenvalue weighted by atomic mass is 10.2. The van der Waals surface area contributed by atoms with Crippen LogP contribution in [0, 0.1) is 12.7 Å². The van der Waals surface area contributed by atoms with E-state index in [2.05, 4.69) is 10.4 Å². The molecule has 2 aromatic rings. The second kappa shape index (κ2) is 7.51. The topological polar surface area (TPSA) is 70.6 Å². The molecule has 0 aliphatic rings. The molecule has 0 saturated heterocycles. The van der Waals surface area contributed by atoms with Crippen LogP contribution in [0.4, 0.5) is 10.1 Å². The number of hydrogen-bond acceptors (Lipinski definition) is 3. The smallest absolute Gasteiger partial charge is 0.317 e. The van der Waals surface area contributed by atoms with Gasteiger partial charge in [-0.3, -0.25) is 9.59 Å². The van der Waals surface area contributed by atoms with Crippen LogP contribution < -0.4 is 10.7 Å². The van der Waals surface area contributed by atoms with Crippen molar-refractivity contribution in [3.63, 3.8) is 0 Å². The number of hydrazone groups is 1. The van der Waals surface area contributed by atoms with Gasteiger partial charge in [0.1, 0.15) is 5.82 Å². The van der Waals surface area contributed by atoms with Gasteiger partial charge < -0.3 is 5.32 Å². The molecule has 0 unspecified atom stereocenters. The van der Waals surface area contributed by atoms with Crippen molar-refractivity contribution in [1.82, 2.24) is 5.43 Å². The fourth-order valence-corrected chi connectivity index (χ4v) is 1.94. The molecule has 2 aromatic carbocycles. The third-order valence-corrected chi connectivity index (χ3v) is 3.29. The summed E-state index contributed by atoms with van der Waals surface area (Å²) in [6.07, 6.45) is 1.04. The molecular weight excluding hydrogens is 321 g/mol. The van der Waals surface area contributed by atoms with E-state index in [9.17, 15) is 14.0 Å². The van der Waals surface area contributed by atoms with Gasteiger partial charge in [-0.2, -0.15) is 5.10 Å². The van der Waals surface area contributed by atoms with E-state index in [-0.39, 0.29) is 10.6 Å². The molecule has 118 valence electrons. The third kappa shape index (κ3) is 4.37. The Hall–Kier alpha value is -2.73. The molecule has 2 amide bonds. The second-order valence-electron chi connectivity index (χ2n) is 4.60. The van der Waals surface area contributed by atoms with E-state index in [0.29, 0.717) is 5.69 Å². The third-order valence-electron chi connectivity index (χ3n) is 2.96. The number of halogens is 2. The first-order valence-corrected chi connectivity index (χ1v) is 7.01. The van der Waals surface area contributed by atoms with Gasteiger partial charge in [-0.05, 0) is 30.7 Å². The fraction of sp³-hybridized carbons (Fsp3) is 0.0625. The first-order valence-electron chi connectivity index (χ1n) is 6.63. The molecule has 0 aromatic heterocycles. The van der Waals surface area contributed by atoms with Crippen molar-refractivity contribution >= 4 is 35.3 Å². The number of rotatable bonds is 3. The summed E-state index contributed by atoms with van der Waals surface area (Å²) in [7, 11) is 0. The van der Waals surface area contributed by atoms with Gasteiger partial charge in [0.15, 0.2) is 0 Å². The summed E-state index contributed by atoms with van der Waals surface area (Å²) in [6, 6.07) is 11.2. The van der Waals surface area contributed by atoms with Crippen LogP contribution in [-0.2, 0) is 9.59 Å². The minimum absolute atomic E-state index is 0.0220. The molecule has 2 rings (SSSR count). The van der Waals surface area contributed by atoms with E-state index >= 15 is 0 Å². The van der Waals surface area contributed by atoms with Crippen molar-refractivity contribution in [2.45, 2.75) is 6.92 Å². The van der Waals surface area contributed by atoms with Crippen LogP contribution in [0.2, 0.25) is 5.02 Å². The molecule has 0 aliphatic carbocycles. The summed E-state index contributed by atoms with van der Waals surface area (Å²) in [5, 5.41) is 6.14. The Morgan fingerprint density at radius 2 is 1.87 bits per heavy atom. The maximum absolute atomic E-state index is 13.5. The average molecular weight is 334 g/mol. The van der Waals surface area contributed by atoms with Crippen LogP contribution in [0.25, 0.3) is 0 Å². The average Bonchev–Trinajstić information content (AvgIpc) is 2.52. The number of amides is 2. The lowest BCUT2D eigenvalue weighted by molar-refractivity contribution is -0.136. The zero-order chi connectivity index (χ0) is 16.8. The Bertz CT molecular complexity index is 757. The van der Waals surface area contributed by atoms with E-state index in [4.69, 9.17) is 11.6 Å². The highest BCUT2D eigenvalue weighted by Crippen LogP contribution is 2.16. The summed E-state index contributed by atoms with van der Waals surface area (Å²) < 4.78 is 13.5. The predicted molar refractivity (Wildman–Crippen MR) is 87.0 cm³/mol. The highest BCUT2D eigenvalue weighted by molar-refractivity contribution is 6.39. The molecule has 5 nitrogen and oxygen atoms in total. The Labute approximate surface area is 137 Å². The predicted octanol–water partition coefficient (Wildman–Crippen LogP) is 2.88. The molecule has 0 aliphatic heterocycles. The Kier molecular flexibility index (Phi) is 5.43. The molecule has 0 heterocycles. The van der Waals surface area contributed by atoms with Crippen molar-refractivity contribution in [3.05, 3.63) is 64.4 Å². The van der Waals surface area contributed by atoms with Crippen molar-refractivity contribution in [2.75, 3.05) is 5.32 Å². The first-order chi connectivity index (χ1) is 11.0. The van der Waals surface area contributed by atoms with Crippen LogP contribution in [0.5, 0.6) is 0 Å². The second-order valence-corrected chi connectivity index (χ2v) is 5.01. The molecule has 0 bridgehead atoms. The summed E-state index contributed by atoms with van der Waals surface area (Å²) in [6.45, 7) is 1.80. The van der Waals surface area contributed by atoms with E-state index in [1.807, 2.05) is 11.5 Å². The molecule has 7 heteroatoms. The molecule has 0 saturated carbocycles. The number of benzene rings is 2. The molecule has 0 fully saturated rings. The molecule has 2 N–H and O–H groups in total. The van der Waals surface area contributed by atoms with Crippen molar-refractivity contribution in [2.24, 2.45) is 5.10 Å². The van der Waals surface area contributed by atoms with Crippen LogP contribution in [0.15, 0.2) is 47.6 Å². The minimum atomic E-state index is -0.975. The van der Waals surface area contributed by atoms with E-state index in [1.165, 1.54) is 18.2 Å². The maximum atomic E-state index is 13.5. The van der Waals surface area contributed by atoms with E-state index in [1.54, 1.807) is 25.1 Å². The van der Waals surface area contributed by atoms with Gasteiger partial charge in [0.05, 0.1) is 11.2 Å². The summed E-state index contributed by atoms with van der Waals surface area (Å²) in [5.74, 6) is -2.44. The quantitative estimate of drug-likeness (QED) is 0.515. The van der Waals surface area contributed by atoms with Crippen molar-refractivity contribution in [3.8, 4) is 0 Å². The van der Waals surface area contributed by atoms with Crippen LogP contribution >= 0.6 is 11.6 Å². The standard InChI is InChI=1S/C16H13ClFN3O2/c1-10-5-2-3-8-14(10)20-15(22)16(23)21-19-9-11-12(17)6-4-7-13(11)18/h2-9H,1H3,(H,20,22)(H,21,23). The van der Waals surface area contributed by atoms with Gasteiger partial charge in [-0.1, -0.05) is 35.9 Å². The number of nitrogens with one attached hydrogen (secondary N) is 2. The lowest BCUT2D eigenvalue weighted by Crippen LogP contribution is -2.32. The Balaban J connectivity index is 1.98. The van der Waals surface area contributed by atoms with Gasteiger partial charge >= 0.3 is 11.8 Å². The monoisotopic (exact) mass is 333 g/mol. The number of para-hydroxylation sites is 1. The maximum Gasteiger partial charge on any atom is 0.329 e. The molecular formula is C16H13ClFN3O2. The van der Waals surface area contributed by atoms with Crippen molar-refractivity contribution < 1.29 is 14.0 Å². The SMILES string of the molecule is Cc1ccccc1NC(=O)C(=O)NN=Cc1c(F)cccc1Cl. The van der Waals surface area contributed by atoms with Gasteiger partial charge in [0.2, 0.25) is 0 Å². The highest BCUT2D eigenvalue weighted by atomic mass is 35.5. The summed E-state index contributed by atoms with van der Waals surface area (Å²) in [4.78, 5) is 23.4. The number of anilines is 1. The number of hydrogen-bond donors (Lipinski definition) is 2. The number of carbonyl (C=O) groups excluding carboxylic acids is 2. The van der Waals surface area contributed by atoms with Crippen LogP contribution in [-0.4, -0.2) is 18.0 Å². The van der Waals surface area contributed by atoms with Crippen LogP contribution in [0.1, 0.15) is 11.1 Å². The molecule has 23 heavy (non-hydrogen) atoms. The van der Waals surface area contributed by atoms with E-state index in [0.717, 1.165) is 11.8 Å². The number of nitrogens with zero attached hydrogens (tertiary/aromatic N) is 1. The fourth-order valence-electron chi connectivity index (χ4n) is 1.73. The van der Waals surface area contributed by atoms with Gasteiger partial charge in [0, 0.05) is 11.3 Å². The first kappa shape index (κ1) is 16.6. The minimum Gasteiger partial charge on any atom is -0.317 e. The number of aryl methyl sites for hydroxylation is 1. The van der Waals surface area contributed by atoms with Gasteiger partial charge in [-0.15, -0.1) is 0 Å². The Morgan fingerprint density at radius 1 is 1.13 bits per heavy atom. The van der Waals surface area contributed by atoms with Crippen molar-refractivity contribution in [1.29, 1.82) is 0 Å². The zero-order valence-electron chi connectivity index (χ0n) is 12.1. The summed E-state index contributed by atoms with van der Waals surface area (Å²) in [5.41, 5.74) is 3.38. The molecule has 0 radical (unpaired) electrons. The highest BCUT2D eigenvalue weighted by Gasteiger charge is 2.13. The lowest BCUT2D eigenvalue weighted by Gasteiger charge is -2.06. The number of carbonyl (C=O) groups is 2. The summed E-state index contributed by atoms with van der Waals surface area (Å²) >= 11 is 5.81. The zero-order valence-corrected chi connectivity index (χ0v) is 12.9. The van der Waals surface area contributed by atoms with Gasteiger partial charge in [0.25, 0.3) is 0 Å². The van der Waals surface area contributed by atoms with Gasteiger partial charge in [-0.25, -0.2) is 9.82 Å². The normalized spacial score (nSPS) is 10.6.